The van der Waals surface area contributed by atoms with E-state index in [1.807, 2.05) is 12.1 Å². The summed E-state index contributed by atoms with van der Waals surface area (Å²) >= 11 is 0. The van der Waals surface area contributed by atoms with E-state index >= 15 is 0 Å². The van der Waals surface area contributed by atoms with Crippen LogP contribution in [0.1, 0.15) is 22.3 Å². The van der Waals surface area contributed by atoms with Crippen molar-refractivity contribution < 1.29 is 4.42 Å². The Balaban J connectivity index is 1.05. The van der Waals surface area contributed by atoms with E-state index in [1.165, 1.54) is 61.2 Å². The summed E-state index contributed by atoms with van der Waals surface area (Å²) < 4.78 is 6.57. The van der Waals surface area contributed by atoms with Crippen LogP contribution in [-0.2, 0) is 5.41 Å². The van der Waals surface area contributed by atoms with Crippen molar-refractivity contribution >= 4 is 21.9 Å². The van der Waals surface area contributed by atoms with Crippen LogP contribution >= 0.6 is 0 Å². The fourth-order valence-corrected chi connectivity index (χ4v) is 10.5. The molecule has 62 heavy (non-hydrogen) atoms. The summed E-state index contributed by atoms with van der Waals surface area (Å²) in [4.78, 5) is 10.7. The van der Waals surface area contributed by atoms with Gasteiger partial charge in [0, 0.05) is 21.9 Å². The van der Waals surface area contributed by atoms with Gasteiger partial charge in [0.15, 0.2) is 5.82 Å². The summed E-state index contributed by atoms with van der Waals surface area (Å²) in [5, 5.41) is 2.12. The first kappa shape index (κ1) is 34.7. The van der Waals surface area contributed by atoms with Crippen LogP contribution in [0.4, 0.5) is 0 Å². The lowest BCUT2D eigenvalue weighted by Gasteiger charge is -2.35. The molecule has 0 saturated heterocycles. The van der Waals surface area contributed by atoms with Crippen molar-refractivity contribution in [3.63, 3.8) is 0 Å². The average molecular weight is 789 g/mol. The topological polar surface area (TPSA) is 38.9 Å². The number of fused-ring (bicyclic) bond motifs is 15. The molecule has 0 bridgehead atoms. The second-order valence-corrected chi connectivity index (χ2v) is 16.4. The van der Waals surface area contributed by atoms with Crippen LogP contribution in [-0.4, -0.2) is 9.97 Å². The molecule has 2 heterocycles. The maximum Gasteiger partial charge on any atom is 0.164 e. The molecular weight excluding hydrogens is 753 g/mol. The number of aromatic nitrogens is 2. The third kappa shape index (κ3) is 5.00. The fourth-order valence-electron chi connectivity index (χ4n) is 10.5. The van der Waals surface area contributed by atoms with Crippen molar-refractivity contribution in [2.45, 2.75) is 5.41 Å². The van der Waals surface area contributed by atoms with Crippen molar-refractivity contribution in [1.82, 2.24) is 9.97 Å². The molecule has 3 nitrogen and oxygen atoms in total. The second kappa shape index (κ2) is 13.4. The van der Waals surface area contributed by atoms with Gasteiger partial charge in [-0.3, -0.25) is 0 Å². The Hall–Kier alpha value is -8.14. The smallest absolute Gasteiger partial charge is 0.164 e. The minimum Gasteiger partial charge on any atom is -0.455 e. The lowest BCUT2D eigenvalue weighted by molar-refractivity contribution is 0.669. The summed E-state index contributed by atoms with van der Waals surface area (Å²) in [6.45, 7) is 0. The zero-order valence-corrected chi connectivity index (χ0v) is 33.6. The van der Waals surface area contributed by atoms with Crippen LogP contribution in [0.25, 0.3) is 100 Å². The van der Waals surface area contributed by atoms with E-state index in [9.17, 15) is 0 Å². The molecule has 0 N–H and O–H groups in total. The second-order valence-electron chi connectivity index (χ2n) is 16.4. The van der Waals surface area contributed by atoms with Gasteiger partial charge in [0.2, 0.25) is 0 Å². The Morgan fingerprint density at radius 2 is 0.774 bits per heavy atom. The summed E-state index contributed by atoms with van der Waals surface area (Å²) in [5.74, 6) is 0.621. The van der Waals surface area contributed by atoms with E-state index in [0.29, 0.717) is 5.82 Å². The number of hydrogen-bond donors (Lipinski definition) is 0. The van der Waals surface area contributed by atoms with Crippen LogP contribution in [0.5, 0.6) is 0 Å². The van der Waals surface area contributed by atoms with Gasteiger partial charge in [-0.2, -0.15) is 0 Å². The van der Waals surface area contributed by atoms with Gasteiger partial charge in [-0.25, -0.2) is 9.97 Å². The molecule has 0 radical (unpaired) electrons. The third-order valence-corrected chi connectivity index (χ3v) is 13.2. The fraction of sp³-hybridized carbons (Fsp3) is 0.0169. The minimum atomic E-state index is -0.546. The molecule has 0 fully saturated rings. The minimum absolute atomic E-state index is 0.546. The van der Waals surface area contributed by atoms with E-state index in [1.54, 1.807) is 0 Å². The number of furan rings is 1. The molecule has 2 aliphatic rings. The molecule has 2 aromatic heterocycles. The normalized spacial score (nSPS) is 13.0. The highest BCUT2D eigenvalue weighted by Gasteiger charge is 2.49. The van der Waals surface area contributed by atoms with Crippen molar-refractivity contribution in [1.29, 1.82) is 0 Å². The molecule has 11 aromatic rings. The summed E-state index contributed by atoms with van der Waals surface area (Å²) in [5.41, 5.74) is 20.6. The highest BCUT2D eigenvalue weighted by molar-refractivity contribution is 6.09. The lowest BCUT2D eigenvalue weighted by atomic mass is 9.66. The van der Waals surface area contributed by atoms with Crippen LogP contribution in [0.15, 0.2) is 223 Å². The Morgan fingerprint density at radius 3 is 1.45 bits per heavy atom. The number of rotatable bonds is 4. The van der Waals surface area contributed by atoms with Crippen LogP contribution in [0.3, 0.4) is 0 Å². The van der Waals surface area contributed by atoms with Crippen LogP contribution in [0, 0.1) is 0 Å². The Labute approximate surface area is 359 Å². The first-order valence-electron chi connectivity index (χ1n) is 21.2. The molecule has 2 aliphatic carbocycles. The van der Waals surface area contributed by atoms with Gasteiger partial charge in [0.1, 0.15) is 11.2 Å². The molecule has 0 aliphatic heterocycles. The van der Waals surface area contributed by atoms with Gasteiger partial charge in [-0.15, -0.1) is 0 Å². The Bertz CT molecular complexity index is 3510. The van der Waals surface area contributed by atoms with E-state index in [-0.39, 0.29) is 0 Å². The quantitative estimate of drug-likeness (QED) is 0.178. The van der Waals surface area contributed by atoms with Gasteiger partial charge < -0.3 is 4.42 Å². The Kier molecular flexibility index (Phi) is 7.52. The highest BCUT2D eigenvalue weighted by Crippen LogP contribution is 2.61. The lowest BCUT2D eigenvalue weighted by Crippen LogP contribution is -2.29. The van der Waals surface area contributed by atoms with Gasteiger partial charge in [-0.1, -0.05) is 194 Å². The molecule has 0 atom stereocenters. The zero-order chi connectivity index (χ0) is 40.8. The largest absolute Gasteiger partial charge is 0.455 e. The molecule has 1 spiro atoms. The first-order valence-corrected chi connectivity index (χ1v) is 21.2. The molecule has 13 rings (SSSR count). The standard InChI is InChI=1S/C59H36N2O/c1-2-15-37(16-3-1)38-29-31-39(32-30-38)54-36-55(61-58(60-54)48-24-14-23-47-46-22-9-13-28-56(46)62-57(47)48)40-33-34-53-49(35-40)45-21-8-12-27-52(45)59(53)50-25-10-6-19-43(50)41-17-4-5-18-42(41)44-20-7-11-26-51(44)59/h1-36H. The molecule has 3 heteroatoms. The van der Waals surface area contributed by atoms with Gasteiger partial charge >= 0.3 is 0 Å². The molecule has 0 unspecified atom stereocenters. The summed E-state index contributed by atoms with van der Waals surface area (Å²) in [6, 6.07) is 78.7. The third-order valence-electron chi connectivity index (χ3n) is 13.2. The maximum atomic E-state index is 6.57. The predicted octanol–water partition coefficient (Wildman–Crippen LogP) is 15.1. The van der Waals surface area contributed by atoms with Crippen molar-refractivity contribution in [2.75, 3.05) is 0 Å². The van der Waals surface area contributed by atoms with Crippen molar-refractivity contribution in [2.24, 2.45) is 0 Å². The average Bonchev–Trinajstić information content (AvgIpc) is 3.84. The molecule has 288 valence electrons. The summed E-state index contributed by atoms with van der Waals surface area (Å²) in [6.07, 6.45) is 0. The number of hydrogen-bond acceptors (Lipinski definition) is 3. The number of benzene rings is 9. The van der Waals surface area contributed by atoms with Crippen LogP contribution in [0.2, 0.25) is 0 Å². The molecular formula is C59H36N2O. The molecule has 9 aromatic carbocycles. The van der Waals surface area contributed by atoms with Gasteiger partial charge in [0.25, 0.3) is 0 Å². The number of nitrogens with zero attached hydrogens (tertiary/aromatic N) is 2. The molecule has 0 saturated carbocycles. The SMILES string of the molecule is c1ccc(-c2ccc(-c3cc(-c4ccc5c(c4)-c4ccccc4C54c5ccccc5-c5ccccc5-c5ccccc54)nc(-c4cccc5c4oc4ccccc45)n3)cc2)cc1. The maximum absolute atomic E-state index is 6.57. The van der Waals surface area contributed by atoms with E-state index in [0.717, 1.165) is 55.6 Å². The van der Waals surface area contributed by atoms with Gasteiger partial charge in [-0.05, 0) is 91.0 Å². The Morgan fingerprint density at radius 1 is 0.306 bits per heavy atom. The van der Waals surface area contributed by atoms with E-state index < -0.39 is 5.41 Å². The van der Waals surface area contributed by atoms with Crippen molar-refractivity contribution in [3.05, 3.63) is 241 Å². The monoisotopic (exact) mass is 788 g/mol. The number of para-hydroxylation sites is 2. The van der Waals surface area contributed by atoms with E-state index in [2.05, 4.69) is 206 Å². The van der Waals surface area contributed by atoms with Crippen molar-refractivity contribution in [3.8, 4) is 78.4 Å². The zero-order valence-electron chi connectivity index (χ0n) is 33.6. The summed E-state index contributed by atoms with van der Waals surface area (Å²) in [7, 11) is 0. The molecule has 0 amide bonds. The first-order chi connectivity index (χ1) is 30.7. The predicted molar refractivity (Wildman–Crippen MR) is 253 cm³/mol. The van der Waals surface area contributed by atoms with E-state index in [4.69, 9.17) is 14.4 Å². The highest BCUT2D eigenvalue weighted by atomic mass is 16.3. The van der Waals surface area contributed by atoms with Crippen LogP contribution < -0.4 is 0 Å². The van der Waals surface area contributed by atoms with Gasteiger partial charge in [0.05, 0.1) is 22.4 Å².